The summed E-state index contributed by atoms with van der Waals surface area (Å²) in [6, 6.07) is 0.649. The average molecular weight is 266 g/mol. The molecule has 19 heavy (non-hydrogen) atoms. The van der Waals surface area contributed by atoms with Crippen LogP contribution in [0, 0.1) is 0 Å². The molecule has 5 nitrogen and oxygen atoms in total. The van der Waals surface area contributed by atoms with Crippen LogP contribution in [-0.2, 0) is 6.54 Å². The lowest BCUT2D eigenvalue weighted by Crippen LogP contribution is -2.43. The van der Waals surface area contributed by atoms with Gasteiger partial charge < -0.3 is 9.84 Å². The summed E-state index contributed by atoms with van der Waals surface area (Å²) in [5, 5.41) is 7.47. The molecule has 0 radical (unpaired) electrons. The Bertz CT molecular complexity index is 371. The van der Waals surface area contributed by atoms with Gasteiger partial charge >= 0.3 is 0 Å². The van der Waals surface area contributed by atoms with Gasteiger partial charge in [0, 0.05) is 12.0 Å². The average Bonchev–Trinajstić information content (AvgIpc) is 2.88. The quantitative estimate of drug-likeness (QED) is 0.855. The molecule has 0 aromatic carbocycles. The van der Waals surface area contributed by atoms with Crippen molar-refractivity contribution in [1.29, 1.82) is 0 Å². The molecule has 2 heterocycles. The Kier molecular flexibility index (Phi) is 5.34. The first-order valence-corrected chi connectivity index (χ1v) is 7.48. The van der Waals surface area contributed by atoms with Gasteiger partial charge in [-0.05, 0) is 38.9 Å². The largest absolute Gasteiger partial charge is 0.338 e. The van der Waals surface area contributed by atoms with E-state index >= 15 is 0 Å². The van der Waals surface area contributed by atoms with E-state index in [0.717, 1.165) is 44.3 Å². The van der Waals surface area contributed by atoms with Crippen molar-refractivity contribution in [3.05, 3.63) is 11.7 Å². The van der Waals surface area contributed by atoms with Crippen molar-refractivity contribution in [1.82, 2.24) is 20.4 Å². The Morgan fingerprint density at radius 2 is 2.11 bits per heavy atom. The summed E-state index contributed by atoms with van der Waals surface area (Å²) in [5.74, 6) is 1.91. The van der Waals surface area contributed by atoms with Gasteiger partial charge in [0.1, 0.15) is 0 Å². The lowest BCUT2D eigenvalue weighted by molar-refractivity contribution is 0.137. The molecule has 0 saturated carbocycles. The molecule has 1 N–H and O–H groups in total. The molecule has 1 saturated heterocycles. The van der Waals surface area contributed by atoms with Crippen molar-refractivity contribution >= 4 is 0 Å². The van der Waals surface area contributed by atoms with Crippen molar-refractivity contribution in [3.63, 3.8) is 0 Å². The molecule has 2 rings (SSSR count). The second-order valence-electron chi connectivity index (χ2n) is 5.65. The Hall–Kier alpha value is -0.940. The van der Waals surface area contributed by atoms with E-state index in [0.29, 0.717) is 12.0 Å². The molecule has 1 fully saturated rings. The summed E-state index contributed by atoms with van der Waals surface area (Å²) in [4.78, 5) is 6.99. The number of nitrogens with one attached hydrogen (secondary N) is 1. The van der Waals surface area contributed by atoms with Gasteiger partial charge in [-0.25, -0.2) is 0 Å². The third kappa shape index (κ3) is 4.01. The molecule has 108 valence electrons. The summed E-state index contributed by atoms with van der Waals surface area (Å²) in [6.45, 7) is 10.5. The number of nitrogens with zero attached hydrogens (tertiary/aromatic N) is 3. The molecule has 0 spiro atoms. The zero-order valence-corrected chi connectivity index (χ0v) is 12.4. The van der Waals surface area contributed by atoms with Crippen LogP contribution in [0.25, 0.3) is 0 Å². The van der Waals surface area contributed by atoms with Crippen LogP contribution in [-0.4, -0.2) is 40.7 Å². The smallest absolute Gasteiger partial charge is 0.240 e. The highest BCUT2D eigenvalue weighted by atomic mass is 16.5. The molecule has 1 aromatic heterocycles. The predicted molar refractivity (Wildman–Crippen MR) is 75.0 cm³/mol. The van der Waals surface area contributed by atoms with E-state index in [2.05, 4.69) is 41.1 Å². The van der Waals surface area contributed by atoms with E-state index in [9.17, 15) is 0 Å². The van der Waals surface area contributed by atoms with E-state index in [1.54, 1.807) is 0 Å². The number of rotatable bonds is 6. The highest BCUT2D eigenvalue weighted by Crippen LogP contribution is 2.17. The van der Waals surface area contributed by atoms with Gasteiger partial charge in [0.15, 0.2) is 5.82 Å². The standard InChI is InChI=1S/C14H26N4O/c1-4-9-18(12-5-7-15-8-6-12)10-13-16-14(11(2)3)17-19-13/h11-12,15H,4-10H2,1-3H3. The van der Waals surface area contributed by atoms with Gasteiger partial charge in [-0.3, -0.25) is 4.90 Å². The van der Waals surface area contributed by atoms with Gasteiger partial charge in [-0.2, -0.15) is 4.98 Å². The van der Waals surface area contributed by atoms with Crippen LogP contribution < -0.4 is 5.32 Å². The number of piperidine rings is 1. The van der Waals surface area contributed by atoms with Crippen LogP contribution in [0.5, 0.6) is 0 Å². The second-order valence-corrected chi connectivity index (χ2v) is 5.65. The normalized spacial score (nSPS) is 17.5. The predicted octanol–water partition coefficient (Wildman–Crippen LogP) is 2.16. The third-order valence-electron chi connectivity index (χ3n) is 3.67. The van der Waals surface area contributed by atoms with Gasteiger partial charge in [-0.1, -0.05) is 25.9 Å². The molecule has 0 aliphatic carbocycles. The van der Waals surface area contributed by atoms with Gasteiger partial charge in [0.25, 0.3) is 0 Å². The molecule has 0 unspecified atom stereocenters. The van der Waals surface area contributed by atoms with Crippen molar-refractivity contribution in [3.8, 4) is 0 Å². The van der Waals surface area contributed by atoms with Gasteiger partial charge in [0.2, 0.25) is 5.89 Å². The zero-order valence-electron chi connectivity index (χ0n) is 12.4. The van der Waals surface area contributed by atoms with E-state index in [1.807, 2.05) is 0 Å². The van der Waals surface area contributed by atoms with Crippen LogP contribution in [0.15, 0.2) is 4.52 Å². The molecule has 1 aliphatic heterocycles. The number of hydrogen-bond acceptors (Lipinski definition) is 5. The Morgan fingerprint density at radius 3 is 2.68 bits per heavy atom. The highest BCUT2D eigenvalue weighted by Gasteiger charge is 2.22. The summed E-state index contributed by atoms with van der Waals surface area (Å²) >= 11 is 0. The SMILES string of the molecule is CCCN(Cc1nc(C(C)C)no1)C1CCNCC1. The molecular weight excluding hydrogens is 240 g/mol. The van der Waals surface area contributed by atoms with E-state index in [4.69, 9.17) is 4.52 Å². The molecule has 5 heteroatoms. The Morgan fingerprint density at radius 1 is 1.37 bits per heavy atom. The topological polar surface area (TPSA) is 54.2 Å². The fourth-order valence-corrected chi connectivity index (χ4v) is 2.59. The van der Waals surface area contributed by atoms with E-state index in [1.165, 1.54) is 12.8 Å². The van der Waals surface area contributed by atoms with E-state index < -0.39 is 0 Å². The minimum Gasteiger partial charge on any atom is -0.338 e. The first-order valence-electron chi connectivity index (χ1n) is 7.48. The number of hydrogen-bond donors (Lipinski definition) is 1. The minimum atomic E-state index is 0.330. The summed E-state index contributed by atoms with van der Waals surface area (Å²) in [6.07, 6.45) is 3.59. The maximum absolute atomic E-state index is 5.38. The summed E-state index contributed by atoms with van der Waals surface area (Å²) in [5.41, 5.74) is 0. The fourth-order valence-electron chi connectivity index (χ4n) is 2.59. The molecule has 0 amide bonds. The van der Waals surface area contributed by atoms with Crippen molar-refractivity contribution in [2.45, 2.75) is 58.5 Å². The Balaban J connectivity index is 1.98. The van der Waals surface area contributed by atoms with Crippen molar-refractivity contribution < 1.29 is 4.52 Å². The van der Waals surface area contributed by atoms with Crippen molar-refractivity contribution in [2.24, 2.45) is 0 Å². The molecule has 0 bridgehead atoms. The first-order chi connectivity index (χ1) is 9.20. The number of aromatic nitrogens is 2. The maximum atomic E-state index is 5.38. The molecule has 0 atom stereocenters. The van der Waals surface area contributed by atoms with Crippen molar-refractivity contribution in [2.75, 3.05) is 19.6 Å². The monoisotopic (exact) mass is 266 g/mol. The lowest BCUT2D eigenvalue weighted by Gasteiger charge is -2.33. The van der Waals surface area contributed by atoms with Gasteiger partial charge in [-0.15, -0.1) is 0 Å². The lowest BCUT2D eigenvalue weighted by atomic mass is 10.0. The molecule has 1 aliphatic rings. The minimum absolute atomic E-state index is 0.330. The molecule has 1 aromatic rings. The third-order valence-corrected chi connectivity index (χ3v) is 3.67. The van der Waals surface area contributed by atoms with Crippen LogP contribution in [0.2, 0.25) is 0 Å². The maximum Gasteiger partial charge on any atom is 0.240 e. The zero-order chi connectivity index (χ0) is 13.7. The van der Waals surface area contributed by atoms with Crippen LogP contribution in [0.1, 0.15) is 57.7 Å². The highest BCUT2D eigenvalue weighted by molar-refractivity contribution is 4.92. The fraction of sp³-hybridized carbons (Fsp3) is 0.857. The van der Waals surface area contributed by atoms with E-state index in [-0.39, 0.29) is 0 Å². The summed E-state index contributed by atoms with van der Waals surface area (Å²) < 4.78 is 5.38. The molecular formula is C14H26N4O. The van der Waals surface area contributed by atoms with Gasteiger partial charge in [0.05, 0.1) is 6.54 Å². The van der Waals surface area contributed by atoms with Crippen LogP contribution in [0.4, 0.5) is 0 Å². The second kappa shape index (κ2) is 7.01. The first kappa shape index (κ1) is 14.5. The summed E-state index contributed by atoms with van der Waals surface area (Å²) in [7, 11) is 0. The Labute approximate surface area is 115 Å². The van der Waals surface area contributed by atoms with Crippen LogP contribution >= 0.6 is 0 Å². The van der Waals surface area contributed by atoms with Crippen LogP contribution in [0.3, 0.4) is 0 Å².